The molecule has 1 aromatic carbocycles. The number of fused-ring (bicyclic) bond motifs is 1. The molecule has 1 N–H and O–H groups in total. The lowest BCUT2D eigenvalue weighted by Gasteiger charge is -2.17. The van der Waals surface area contributed by atoms with Gasteiger partial charge in [0.15, 0.2) is 0 Å². The highest BCUT2D eigenvalue weighted by Crippen LogP contribution is 2.35. The minimum atomic E-state index is -4.35. The van der Waals surface area contributed by atoms with E-state index in [9.17, 15) is 18.0 Å². The highest BCUT2D eigenvalue weighted by Gasteiger charge is 2.32. The van der Waals surface area contributed by atoms with Crippen molar-refractivity contribution in [2.45, 2.75) is 12.6 Å². The first-order chi connectivity index (χ1) is 7.88. The van der Waals surface area contributed by atoms with Gasteiger partial charge in [-0.25, -0.2) is 0 Å². The number of hydrogen-bond donors (Lipinski definition) is 1. The number of aliphatic carboxylic acids is 1. The number of hydrogen-bond acceptors (Lipinski definition) is 2. The average Bonchev–Trinajstić information content (AvgIpc) is 2.59. The van der Waals surface area contributed by atoms with Crippen LogP contribution in [-0.4, -0.2) is 24.2 Å². The molecule has 0 amide bonds. The number of nitrogens with zero attached hydrogens (tertiary/aromatic N) is 1. The van der Waals surface area contributed by atoms with Gasteiger partial charge in [0, 0.05) is 12.2 Å². The number of alkyl halides is 3. The van der Waals surface area contributed by atoms with Gasteiger partial charge in [-0.05, 0) is 30.2 Å². The molecule has 1 heterocycles. The van der Waals surface area contributed by atoms with E-state index in [1.807, 2.05) is 0 Å². The highest BCUT2D eigenvalue weighted by atomic mass is 19.4. The Kier molecular flexibility index (Phi) is 2.73. The van der Waals surface area contributed by atoms with E-state index < -0.39 is 17.7 Å². The maximum absolute atomic E-state index is 12.5. The monoisotopic (exact) mass is 245 g/mol. The van der Waals surface area contributed by atoms with Crippen LogP contribution in [0.5, 0.6) is 0 Å². The van der Waals surface area contributed by atoms with Gasteiger partial charge in [0.2, 0.25) is 0 Å². The number of carboxylic acids is 1. The number of rotatable bonds is 2. The van der Waals surface area contributed by atoms with Gasteiger partial charge in [0.05, 0.1) is 5.56 Å². The first kappa shape index (κ1) is 11.8. The molecule has 0 aromatic heterocycles. The molecule has 0 bridgehead atoms. The summed E-state index contributed by atoms with van der Waals surface area (Å²) in [6.45, 7) is 0.265. The third-order valence-electron chi connectivity index (χ3n) is 2.72. The number of carboxylic acid groups (broad SMARTS) is 1. The molecule has 2 rings (SSSR count). The highest BCUT2D eigenvalue weighted by molar-refractivity contribution is 5.75. The third kappa shape index (κ3) is 2.35. The Morgan fingerprint density at radius 3 is 2.71 bits per heavy atom. The summed E-state index contributed by atoms with van der Waals surface area (Å²) < 4.78 is 37.4. The van der Waals surface area contributed by atoms with Crippen LogP contribution in [0.25, 0.3) is 0 Å². The van der Waals surface area contributed by atoms with Crippen LogP contribution in [0.2, 0.25) is 0 Å². The van der Waals surface area contributed by atoms with Crippen molar-refractivity contribution < 1.29 is 23.1 Å². The lowest BCUT2D eigenvalue weighted by molar-refractivity contribution is -0.138. The lowest BCUT2D eigenvalue weighted by Crippen LogP contribution is -2.27. The zero-order chi connectivity index (χ0) is 12.6. The van der Waals surface area contributed by atoms with Gasteiger partial charge in [-0.2, -0.15) is 13.2 Å². The van der Waals surface area contributed by atoms with Crippen LogP contribution >= 0.6 is 0 Å². The van der Waals surface area contributed by atoms with E-state index >= 15 is 0 Å². The second kappa shape index (κ2) is 3.94. The fourth-order valence-corrected chi connectivity index (χ4v) is 1.97. The fraction of sp³-hybridized carbons (Fsp3) is 0.364. The molecule has 0 aliphatic carbocycles. The van der Waals surface area contributed by atoms with Crippen molar-refractivity contribution in [2.24, 2.45) is 0 Å². The van der Waals surface area contributed by atoms with E-state index in [4.69, 9.17) is 5.11 Å². The molecule has 1 aliphatic heterocycles. The number of anilines is 1. The van der Waals surface area contributed by atoms with Gasteiger partial charge < -0.3 is 10.0 Å². The van der Waals surface area contributed by atoms with Gasteiger partial charge in [-0.15, -0.1) is 0 Å². The van der Waals surface area contributed by atoms with Crippen molar-refractivity contribution in [3.8, 4) is 0 Å². The molecule has 6 heteroatoms. The van der Waals surface area contributed by atoms with Crippen molar-refractivity contribution in [1.82, 2.24) is 0 Å². The van der Waals surface area contributed by atoms with Crippen LogP contribution in [0.15, 0.2) is 18.2 Å². The second-order valence-corrected chi connectivity index (χ2v) is 3.91. The minimum Gasteiger partial charge on any atom is -0.480 e. The van der Waals surface area contributed by atoms with Crippen molar-refractivity contribution >= 4 is 11.7 Å². The Morgan fingerprint density at radius 2 is 2.12 bits per heavy atom. The number of carbonyl (C=O) groups is 1. The summed E-state index contributed by atoms with van der Waals surface area (Å²) in [4.78, 5) is 12.1. The topological polar surface area (TPSA) is 40.5 Å². The molecule has 0 atom stereocenters. The summed E-state index contributed by atoms with van der Waals surface area (Å²) in [5.74, 6) is -0.988. The summed E-state index contributed by atoms with van der Waals surface area (Å²) in [5.41, 5.74) is 0.454. The van der Waals surface area contributed by atoms with Crippen LogP contribution in [0.4, 0.5) is 18.9 Å². The molecule has 0 unspecified atom stereocenters. The van der Waals surface area contributed by atoms with Crippen LogP contribution < -0.4 is 4.90 Å². The summed E-state index contributed by atoms with van der Waals surface area (Å²) in [6, 6.07) is 3.42. The zero-order valence-corrected chi connectivity index (χ0v) is 8.79. The average molecular weight is 245 g/mol. The predicted molar refractivity (Wildman–Crippen MR) is 55.0 cm³/mol. The summed E-state index contributed by atoms with van der Waals surface area (Å²) in [6.07, 6.45) is -3.90. The largest absolute Gasteiger partial charge is 0.480 e. The van der Waals surface area contributed by atoms with E-state index in [0.717, 1.165) is 12.1 Å². The van der Waals surface area contributed by atoms with Gasteiger partial charge in [-0.1, -0.05) is 0 Å². The molecule has 0 fully saturated rings. The molecule has 92 valence electrons. The summed E-state index contributed by atoms with van der Waals surface area (Å²) >= 11 is 0. The van der Waals surface area contributed by atoms with E-state index in [0.29, 0.717) is 24.2 Å². The maximum Gasteiger partial charge on any atom is 0.416 e. The number of benzene rings is 1. The molecule has 0 spiro atoms. The Bertz CT molecular complexity index is 457. The van der Waals surface area contributed by atoms with E-state index in [2.05, 4.69) is 0 Å². The van der Waals surface area contributed by atoms with Gasteiger partial charge in [0.1, 0.15) is 6.54 Å². The third-order valence-corrected chi connectivity index (χ3v) is 2.72. The molecule has 1 aliphatic rings. The van der Waals surface area contributed by atoms with Crippen molar-refractivity contribution in [3.63, 3.8) is 0 Å². The van der Waals surface area contributed by atoms with Crippen LogP contribution in [0.3, 0.4) is 0 Å². The van der Waals surface area contributed by atoms with Crippen LogP contribution in [0, 0.1) is 0 Å². The molecule has 0 saturated carbocycles. The molecule has 17 heavy (non-hydrogen) atoms. The summed E-state index contributed by atoms with van der Waals surface area (Å²) in [5, 5.41) is 8.66. The smallest absolute Gasteiger partial charge is 0.416 e. The van der Waals surface area contributed by atoms with Crippen molar-refractivity contribution in [2.75, 3.05) is 18.0 Å². The van der Waals surface area contributed by atoms with Crippen LogP contribution in [0.1, 0.15) is 11.1 Å². The summed E-state index contributed by atoms with van der Waals surface area (Å²) in [7, 11) is 0. The molecular weight excluding hydrogens is 235 g/mol. The molecule has 0 saturated heterocycles. The molecule has 1 aromatic rings. The molecule has 3 nitrogen and oxygen atoms in total. The minimum absolute atomic E-state index is 0.182. The predicted octanol–water partition coefficient (Wildman–Crippen LogP) is 2.15. The Labute approximate surface area is 95.5 Å². The first-order valence-electron chi connectivity index (χ1n) is 5.05. The van der Waals surface area contributed by atoms with Crippen molar-refractivity contribution in [3.05, 3.63) is 29.3 Å². The van der Waals surface area contributed by atoms with E-state index in [-0.39, 0.29) is 6.54 Å². The zero-order valence-electron chi connectivity index (χ0n) is 8.79. The lowest BCUT2D eigenvalue weighted by atomic mass is 10.1. The maximum atomic E-state index is 12.5. The Morgan fingerprint density at radius 1 is 1.41 bits per heavy atom. The van der Waals surface area contributed by atoms with E-state index in [1.54, 1.807) is 4.90 Å². The van der Waals surface area contributed by atoms with Crippen LogP contribution in [-0.2, 0) is 17.4 Å². The van der Waals surface area contributed by atoms with E-state index in [1.165, 1.54) is 6.07 Å². The SMILES string of the molecule is O=C(O)CN1CCc2cc(C(F)(F)F)ccc21. The standard InChI is InChI=1S/C11H10F3NO2/c12-11(13,14)8-1-2-9-7(5-8)3-4-15(9)6-10(16)17/h1-2,5H,3-4,6H2,(H,16,17). The van der Waals surface area contributed by atoms with Gasteiger partial charge in [-0.3, -0.25) is 4.79 Å². The molecular formula is C11H10F3NO2. The van der Waals surface area contributed by atoms with Crippen molar-refractivity contribution in [1.29, 1.82) is 0 Å². The molecule has 0 radical (unpaired) electrons. The Hall–Kier alpha value is -1.72. The normalized spacial score (nSPS) is 14.9. The quantitative estimate of drug-likeness (QED) is 0.867. The second-order valence-electron chi connectivity index (χ2n) is 3.91. The Balaban J connectivity index is 2.29. The first-order valence-corrected chi connectivity index (χ1v) is 5.05. The van der Waals surface area contributed by atoms with Gasteiger partial charge >= 0.3 is 12.1 Å². The number of halogens is 3. The van der Waals surface area contributed by atoms with Gasteiger partial charge in [0.25, 0.3) is 0 Å². The fourth-order valence-electron chi connectivity index (χ4n) is 1.97.